The Morgan fingerprint density at radius 3 is 2.94 bits per heavy atom. The van der Waals surface area contributed by atoms with Crippen LogP contribution >= 0.6 is 0 Å². The normalized spacial score (nSPS) is 28.6. The van der Waals surface area contributed by atoms with E-state index < -0.39 is 0 Å². The van der Waals surface area contributed by atoms with Crippen molar-refractivity contribution in [2.45, 2.75) is 63.8 Å². The van der Waals surface area contributed by atoms with Gasteiger partial charge in [0.15, 0.2) is 0 Å². The molecule has 0 aromatic heterocycles. The minimum absolute atomic E-state index is 0.179. The molecule has 0 saturated carbocycles. The monoisotopic (exact) mass is 250 g/mol. The summed E-state index contributed by atoms with van der Waals surface area (Å²) in [6.07, 6.45) is 11.8. The van der Waals surface area contributed by atoms with Crippen molar-refractivity contribution < 1.29 is 4.79 Å². The second-order valence-electron chi connectivity index (χ2n) is 5.83. The summed E-state index contributed by atoms with van der Waals surface area (Å²) < 4.78 is 0. The average molecular weight is 250 g/mol. The van der Waals surface area contributed by atoms with E-state index in [-0.39, 0.29) is 11.4 Å². The molecule has 18 heavy (non-hydrogen) atoms. The van der Waals surface area contributed by atoms with Crippen LogP contribution in [0.1, 0.15) is 58.3 Å². The van der Waals surface area contributed by atoms with E-state index in [1.807, 2.05) is 6.92 Å². The lowest BCUT2D eigenvalue weighted by atomic mass is 9.90. The second kappa shape index (κ2) is 6.37. The molecule has 1 amide bonds. The van der Waals surface area contributed by atoms with E-state index in [1.165, 1.54) is 37.7 Å². The SMILES string of the molecule is CC1(C(=O)NCCC2=CCCCC2)CCCCN1. The summed E-state index contributed by atoms with van der Waals surface area (Å²) in [4.78, 5) is 12.2. The standard InChI is InChI=1S/C15H26N2O/c1-15(10-5-6-11-17-15)14(18)16-12-9-13-7-3-2-4-8-13/h7,17H,2-6,8-12H2,1H3,(H,16,18). The van der Waals surface area contributed by atoms with Gasteiger partial charge in [-0.3, -0.25) is 4.79 Å². The van der Waals surface area contributed by atoms with Crippen molar-refractivity contribution >= 4 is 5.91 Å². The number of carbonyl (C=O) groups is 1. The van der Waals surface area contributed by atoms with Gasteiger partial charge in [0.2, 0.25) is 5.91 Å². The summed E-state index contributed by atoms with van der Waals surface area (Å²) >= 11 is 0. The van der Waals surface area contributed by atoms with Gasteiger partial charge in [0.25, 0.3) is 0 Å². The second-order valence-corrected chi connectivity index (χ2v) is 5.83. The Morgan fingerprint density at radius 2 is 2.28 bits per heavy atom. The average Bonchev–Trinajstić information content (AvgIpc) is 2.41. The third kappa shape index (κ3) is 3.58. The van der Waals surface area contributed by atoms with Crippen molar-refractivity contribution in [3.8, 4) is 0 Å². The maximum absolute atomic E-state index is 12.2. The molecule has 3 nitrogen and oxygen atoms in total. The number of piperidine rings is 1. The van der Waals surface area contributed by atoms with Gasteiger partial charge in [-0.2, -0.15) is 0 Å². The van der Waals surface area contributed by atoms with Gasteiger partial charge in [-0.1, -0.05) is 11.6 Å². The summed E-state index contributed by atoms with van der Waals surface area (Å²) in [5.74, 6) is 0.179. The fraction of sp³-hybridized carbons (Fsp3) is 0.800. The zero-order chi connectivity index (χ0) is 12.8. The Labute approximate surface area is 110 Å². The van der Waals surface area contributed by atoms with Crippen molar-refractivity contribution in [1.82, 2.24) is 10.6 Å². The quantitative estimate of drug-likeness (QED) is 0.753. The first-order valence-corrected chi connectivity index (χ1v) is 7.42. The Bertz CT molecular complexity index is 316. The van der Waals surface area contributed by atoms with E-state index in [4.69, 9.17) is 0 Å². The highest BCUT2D eigenvalue weighted by Crippen LogP contribution is 2.20. The molecule has 0 bridgehead atoms. The molecule has 3 heteroatoms. The van der Waals surface area contributed by atoms with Crippen molar-refractivity contribution in [3.05, 3.63) is 11.6 Å². The van der Waals surface area contributed by atoms with Gasteiger partial charge in [0.1, 0.15) is 0 Å². The summed E-state index contributed by atoms with van der Waals surface area (Å²) in [7, 11) is 0. The summed E-state index contributed by atoms with van der Waals surface area (Å²) in [6, 6.07) is 0. The molecule has 2 N–H and O–H groups in total. The van der Waals surface area contributed by atoms with Crippen LogP contribution in [0.2, 0.25) is 0 Å². The predicted molar refractivity (Wildman–Crippen MR) is 74.4 cm³/mol. The Morgan fingerprint density at radius 1 is 1.39 bits per heavy atom. The van der Waals surface area contributed by atoms with E-state index in [0.717, 1.165) is 32.4 Å². The lowest BCUT2D eigenvalue weighted by molar-refractivity contribution is -0.127. The van der Waals surface area contributed by atoms with Gasteiger partial charge >= 0.3 is 0 Å². The van der Waals surface area contributed by atoms with Crippen LogP contribution in [0.5, 0.6) is 0 Å². The topological polar surface area (TPSA) is 41.1 Å². The highest BCUT2D eigenvalue weighted by molar-refractivity contribution is 5.85. The maximum Gasteiger partial charge on any atom is 0.240 e. The van der Waals surface area contributed by atoms with Crippen LogP contribution in [0.25, 0.3) is 0 Å². The zero-order valence-corrected chi connectivity index (χ0v) is 11.6. The highest BCUT2D eigenvalue weighted by atomic mass is 16.2. The van der Waals surface area contributed by atoms with E-state index in [1.54, 1.807) is 0 Å². The molecule has 0 radical (unpaired) electrons. The zero-order valence-electron chi connectivity index (χ0n) is 11.6. The van der Waals surface area contributed by atoms with Gasteiger partial charge in [0.05, 0.1) is 5.54 Å². The van der Waals surface area contributed by atoms with E-state index in [0.29, 0.717) is 0 Å². The number of hydrogen-bond donors (Lipinski definition) is 2. The van der Waals surface area contributed by atoms with Crippen LogP contribution < -0.4 is 10.6 Å². The molecule has 1 atom stereocenters. The fourth-order valence-corrected chi connectivity index (χ4v) is 2.91. The van der Waals surface area contributed by atoms with E-state index in [2.05, 4.69) is 16.7 Å². The fourth-order valence-electron chi connectivity index (χ4n) is 2.91. The van der Waals surface area contributed by atoms with Gasteiger partial charge in [0, 0.05) is 6.54 Å². The number of rotatable bonds is 4. The van der Waals surface area contributed by atoms with Crippen LogP contribution in [0, 0.1) is 0 Å². The number of carbonyl (C=O) groups excluding carboxylic acids is 1. The van der Waals surface area contributed by atoms with E-state index >= 15 is 0 Å². The first-order chi connectivity index (χ1) is 8.71. The molecule has 1 saturated heterocycles. The lowest BCUT2D eigenvalue weighted by Gasteiger charge is -2.33. The van der Waals surface area contributed by atoms with Gasteiger partial charge in [-0.25, -0.2) is 0 Å². The molecular weight excluding hydrogens is 224 g/mol. The van der Waals surface area contributed by atoms with Gasteiger partial charge in [-0.05, 0) is 64.8 Å². The van der Waals surface area contributed by atoms with Crippen LogP contribution in [-0.4, -0.2) is 24.5 Å². The van der Waals surface area contributed by atoms with Crippen LogP contribution in [0.4, 0.5) is 0 Å². The first kappa shape index (κ1) is 13.6. The molecule has 2 aliphatic rings. The summed E-state index contributed by atoms with van der Waals surface area (Å²) in [5.41, 5.74) is 1.20. The lowest BCUT2D eigenvalue weighted by Crippen LogP contribution is -2.57. The largest absolute Gasteiger partial charge is 0.354 e. The van der Waals surface area contributed by atoms with Crippen LogP contribution in [0.3, 0.4) is 0 Å². The molecule has 0 spiro atoms. The number of amides is 1. The molecule has 2 rings (SSSR count). The minimum Gasteiger partial charge on any atom is -0.354 e. The molecule has 1 aliphatic heterocycles. The molecule has 102 valence electrons. The Hall–Kier alpha value is -0.830. The first-order valence-electron chi connectivity index (χ1n) is 7.42. The van der Waals surface area contributed by atoms with Crippen LogP contribution in [-0.2, 0) is 4.79 Å². The number of hydrogen-bond acceptors (Lipinski definition) is 2. The minimum atomic E-state index is -0.334. The van der Waals surface area contributed by atoms with E-state index in [9.17, 15) is 4.79 Å². The summed E-state index contributed by atoms with van der Waals surface area (Å²) in [6.45, 7) is 3.79. The number of nitrogens with one attached hydrogen (secondary N) is 2. The summed E-state index contributed by atoms with van der Waals surface area (Å²) in [5, 5.41) is 6.45. The third-order valence-corrected chi connectivity index (χ3v) is 4.24. The molecule has 0 aromatic rings. The predicted octanol–water partition coefficient (Wildman–Crippen LogP) is 2.53. The van der Waals surface area contributed by atoms with Crippen molar-refractivity contribution in [3.63, 3.8) is 0 Å². The third-order valence-electron chi connectivity index (χ3n) is 4.24. The van der Waals surface area contributed by atoms with Crippen molar-refractivity contribution in [2.75, 3.05) is 13.1 Å². The van der Waals surface area contributed by atoms with Gasteiger partial charge in [-0.15, -0.1) is 0 Å². The molecule has 1 heterocycles. The van der Waals surface area contributed by atoms with Gasteiger partial charge < -0.3 is 10.6 Å². The molecule has 0 aromatic carbocycles. The maximum atomic E-state index is 12.2. The molecular formula is C15H26N2O. The van der Waals surface area contributed by atoms with Crippen molar-refractivity contribution in [1.29, 1.82) is 0 Å². The smallest absolute Gasteiger partial charge is 0.240 e. The Balaban J connectivity index is 1.72. The molecule has 1 fully saturated rings. The molecule has 1 unspecified atom stereocenters. The van der Waals surface area contributed by atoms with Crippen molar-refractivity contribution in [2.24, 2.45) is 0 Å². The van der Waals surface area contributed by atoms with Crippen LogP contribution in [0.15, 0.2) is 11.6 Å². The Kier molecular flexibility index (Phi) is 4.81. The molecule has 1 aliphatic carbocycles. The highest BCUT2D eigenvalue weighted by Gasteiger charge is 2.33. The number of allylic oxidation sites excluding steroid dienone is 1.